The Morgan fingerprint density at radius 1 is 1.36 bits per heavy atom. The Labute approximate surface area is 148 Å². The molecular weight excluding hydrogens is 386 g/mol. The number of nitrogens with zero attached hydrogens (tertiary/aromatic N) is 1. The van der Waals surface area contributed by atoms with Gasteiger partial charge in [-0.25, -0.2) is 0 Å². The molecule has 0 unspecified atom stereocenters. The molecule has 0 atom stereocenters. The fraction of sp³-hybridized carbons (Fsp3) is 0.312. The van der Waals surface area contributed by atoms with E-state index in [1.165, 1.54) is 0 Å². The molecule has 118 valence electrons. The normalized spacial score (nSPS) is 10.5. The van der Waals surface area contributed by atoms with Crippen LogP contribution in [0.5, 0.6) is 5.75 Å². The van der Waals surface area contributed by atoms with Gasteiger partial charge in [-0.05, 0) is 52.2 Å². The van der Waals surface area contributed by atoms with Crippen LogP contribution in [0.2, 0.25) is 5.02 Å². The second-order valence-corrected chi connectivity index (χ2v) is 7.88. The number of rotatable bonds is 6. The Morgan fingerprint density at radius 2 is 2.14 bits per heavy atom. The summed E-state index contributed by atoms with van der Waals surface area (Å²) in [5.41, 5.74) is 1.03. The van der Waals surface area contributed by atoms with Crippen LogP contribution in [0, 0.1) is 0 Å². The number of hydrogen-bond acceptors (Lipinski definition) is 3. The lowest BCUT2D eigenvalue weighted by atomic mass is 10.1. The van der Waals surface area contributed by atoms with E-state index in [0.717, 1.165) is 14.2 Å². The van der Waals surface area contributed by atoms with E-state index in [0.29, 0.717) is 30.2 Å². The van der Waals surface area contributed by atoms with Gasteiger partial charge < -0.3 is 9.64 Å². The van der Waals surface area contributed by atoms with Gasteiger partial charge in [0.2, 0.25) is 5.91 Å². The number of hydrogen-bond donors (Lipinski definition) is 0. The highest BCUT2D eigenvalue weighted by molar-refractivity contribution is 9.11. The molecule has 0 fully saturated rings. The van der Waals surface area contributed by atoms with E-state index in [1.54, 1.807) is 23.3 Å². The monoisotopic (exact) mass is 401 g/mol. The zero-order valence-corrected chi connectivity index (χ0v) is 15.6. The Kier molecular flexibility index (Phi) is 6.29. The van der Waals surface area contributed by atoms with E-state index in [-0.39, 0.29) is 5.91 Å². The molecule has 1 aromatic carbocycles. The molecule has 0 spiro atoms. The molecule has 2 rings (SSSR count). The minimum Gasteiger partial charge on any atom is -0.495 e. The van der Waals surface area contributed by atoms with Gasteiger partial charge in [-0.3, -0.25) is 4.79 Å². The molecule has 0 bridgehead atoms. The average Bonchev–Trinajstić information content (AvgIpc) is 2.90. The second kappa shape index (κ2) is 7.99. The number of aryl methyl sites for hydroxylation is 1. The lowest BCUT2D eigenvalue weighted by Gasteiger charge is -2.16. The number of benzene rings is 1. The Balaban J connectivity index is 1.87. The summed E-state index contributed by atoms with van der Waals surface area (Å²) in [6, 6.07) is 9.65. The molecule has 2 aromatic rings. The van der Waals surface area contributed by atoms with Gasteiger partial charge in [-0.15, -0.1) is 11.3 Å². The molecule has 1 heterocycles. The van der Waals surface area contributed by atoms with Crippen molar-refractivity contribution in [2.24, 2.45) is 0 Å². The van der Waals surface area contributed by atoms with Crippen molar-refractivity contribution in [3.05, 3.63) is 49.6 Å². The highest BCUT2D eigenvalue weighted by Crippen LogP contribution is 2.26. The van der Waals surface area contributed by atoms with Gasteiger partial charge in [-0.2, -0.15) is 0 Å². The Bertz CT molecular complexity index is 659. The average molecular weight is 403 g/mol. The third-order valence-corrected chi connectivity index (χ3v) is 5.20. The fourth-order valence-electron chi connectivity index (χ4n) is 2.07. The maximum Gasteiger partial charge on any atom is 0.222 e. The maximum atomic E-state index is 12.2. The van der Waals surface area contributed by atoms with Crippen LogP contribution in [0.25, 0.3) is 0 Å². The molecule has 0 saturated carbocycles. The smallest absolute Gasteiger partial charge is 0.222 e. The van der Waals surface area contributed by atoms with Crippen molar-refractivity contribution < 1.29 is 9.53 Å². The Morgan fingerprint density at radius 3 is 2.73 bits per heavy atom. The van der Waals surface area contributed by atoms with Crippen LogP contribution in [0.1, 0.15) is 16.9 Å². The van der Waals surface area contributed by atoms with Crippen molar-refractivity contribution >= 4 is 44.8 Å². The standard InChI is InChI=1S/C16H17BrClNO2S/c1-19(10-12-5-7-15(17)22-12)16(20)8-4-11-3-6-14(21-2)13(18)9-11/h3,5-7,9H,4,8,10H2,1-2H3. The maximum absolute atomic E-state index is 12.2. The van der Waals surface area contributed by atoms with Crippen LogP contribution in [0.15, 0.2) is 34.1 Å². The van der Waals surface area contributed by atoms with Crippen molar-refractivity contribution in [1.29, 1.82) is 0 Å². The lowest BCUT2D eigenvalue weighted by Crippen LogP contribution is -2.25. The van der Waals surface area contributed by atoms with Crippen LogP contribution >= 0.6 is 38.9 Å². The zero-order valence-electron chi connectivity index (χ0n) is 12.4. The molecule has 0 radical (unpaired) electrons. The lowest BCUT2D eigenvalue weighted by molar-refractivity contribution is -0.130. The van der Waals surface area contributed by atoms with E-state index < -0.39 is 0 Å². The van der Waals surface area contributed by atoms with E-state index in [1.807, 2.05) is 37.4 Å². The SMILES string of the molecule is COc1ccc(CCC(=O)N(C)Cc2ccc(Br)s2)cc1Cl. The van der Waals surface area contributed by atoms with Gasteiger partial charge in [0.25, 0.3) is 0 Å². The van der Waals surface area contributed by atoms with Gasteiger partial charge in [0, 0.05) is 18.3 Å². The van der Waals surface area contributed by atoms with Crippen LogP contribution in [0.3, 0.4) is 0 Å². The van der Waals surface area contributed by atoms with E-state index in [9.17, 15) is 4.79 Å². The Hall–Kier alpha value is -1.04. The summed E-state index contributed by atoms with van der Waals surface area (Å²) in [6.07, 6.45) is 1.13. The van der Waals surface area contributed by atoms with Crippen molar-refractivity contribution in [3.8, 4) is 5.75 Å². The number of carbonyl (C=O) groups excluding carboxylic acids is 1. The van der Waals surface area contributed by atoms with Crippen molar-refractivity contribution in [3.63, 3.8) is 0 Å². The highest BCUT2D eigenvalue weighted by atomic mass is 79.9. The molecule has 6 heteroatoms. The molecular formula is C16H17BrClNO2S. The first-order chi connectivity index (χ1) is 10.5. The van der Waals surface area contributed by atoms with Crippen molar-refractivity contribution in [2.75, 3.05) is 14.2 Å². The molecule has 0 aliphatic rings. The number of ether oxygens (including phenoxy) is 1. The molecule has 22 heavy (non-hydrogen) atoms. The molecule has 0 aliphatic carbocycles. The fourth-order valence-corrected chi connectivity index (χ4v) is 3.88. The van der Waals surface area contributed by atoms with Crippen LogP contribution in [-0.2, 0) is 17.8 Å². The number of halogens is 2. The minimum absolute atomic E-state index is 0.122. The van der Waals surface area contributed by atoms with Gasteiger partial charge in [0.15, 0.2) is 0 Å². The predicted molar refractivity (Wildman–Crippen MR) is 94.8 cm³/mol. The van der Waals surface area contributed by atoms with Gasteiger partial charge in [-0.1, -0.05) is 17.7 Å². The van der Waals surface area contributed by atoms with Gasteiger partial charge in [0.1, 0.15) is 5.75 Å². The van der Waals surface area contributed by atoms with Crippen LogP contribution in [-0.4, -0.2) is 25.0 Å². The van der Waals surface area contributed by atoms with Crippen molar-refractivity contribution in [2.45, 2.75) is 19.4 Å². The number of amides is 1. The molecule has 0 N–H and O–H groups in total. The van der Waals surface area contributed by atoms with E-state index >= 15 is 0 Å². The van der Waals surface area contributed by atoms with Crippen LogP contribution in [0.4, 0.5) is 0 Å². The molecule has 0 aliphatic heterocycles. The minimum atomic E-state index is 0.122. The second-order valence-electron chi connectivity index (χ2n) is 4.92. The molecule has 0 saturated heterocycles. The summed E-state index contributed by atoms with van der Waals surface area (Å²) < 4.78 is 6.20. The molecule has 1 aromatic heterocycles. The third kappa shape index (κ3) is 4.73. The summed E-state index contributed by atoms with van der Waals surface area (Å²) >= 11 is 11.2. The first kappa shape index (κ1) is 17.3. The number of methoxy groups -OCH3 is 1. The largest absolute Gasteiger partial charge is 0.495 e. The summed E-state index contributed by atoms with van der Waals surface area (Å²) in [5.74, 6) is 0.772. The summed E-state index contributed by atoms with van der Waals surface area (Å²) in [7, 11) is 3.42. The number of thiophene rings is 1. The summed E-state index contributed by atoms with van der Waals surface area (Å²) in [4.78, 5) is 15.1. The quantitative estimate of drug-likeness (QED) is 0.697. The molecule has 1 amide bonds. The van der Waals surface area contributed by atoms with Gasteiger partial charge in [0.05, 0.1) is 22.5 Å². The highest BCUT2D eigenvalue weighted by Gasteiger charge is 2.11. The van der Waals surface area contributed by atoms with E-state index in [4.69, 9.17) is 16.3 Å². The first-order valence-electron chi connectivity index (χ1n) is 6.80. The zero-order chi connectivity index (χ0) is 16.1. The summed E-state index contributed by atoms with van der Waals surface area (Å²) in [5, 5.41) is 0.573. The van der Waals surface area contributed by atoms with E-state index in [2.05, 4.69) is 15.9 Å². The number of carbonyl (C=O) groups is 1. The van der Waals surface area contributed by atoms with Gasteiger partial charge >= 0.3 is 0 Å². The van der Waals surface area contributed by atoms with Crippen molar-refractivity contribution in [1.82, 2.24) is 4.90 Å². The van der Waals surface area contributed by atoms with Crippen LogP contribution < -0.4 is 4.74 Å². The molecule has 3 nitrogen and oxygen atoms in total. The third-order valence-electron chi connectivity index (χ3n) is 3.29. The summed E-state index contributed by atoms with van der Waals surface area (Å²) in [6.45, 7) is 0.637. The first-order valence-corrected chi connectivity index (χ1v) is 8.79. The predicted octanol–water partition coefficient (Wildman–Crippen LogP) is 4.76. The topological polar surface area (TPSA) is 29.5 Å².